The van der Waals surface area contributed by atoms with Gasteiger partial charge in [0, 0.05) is 0 Å². The second kappa shape index (κ2) is 7.94. The van der Waals surface area contributed by atoms with E-state index in [1.165, 1.54) is 18.9 Å². The van der Waals surface area contributed by atoms with Crippen LogP contribution in [0.2, 0.25) is 0 Å². The summed E-state index contributed by atoms with van der Waals surface area (Å²) >= 11 is 0. The van der Waals surface area contributed by atoms with Crippen LogP contribution in [0.5, 0.6) is 0 Å². The summed E-state index contributed by atoms with van der Waals surface area (Å²) in [4.78, 5) is -0.0134. The molecule has 0 bridgehead atoms. The van der Waals surface area contributed by atoms with E-state index >= 15 is 0 Å². The molecule has 0 aliphatic heterocycles. The second-order valence-electron chi connectivity index (χ2n) is 3.93. The predicted octanol–water partition coefficient (Wildman–Crippen LogP) is 0.173. The minimum absolute atomic E-state index is 0. The van der Waals surface area contributed by atoms with E-state index in [2.05, 4.69) is 6.92 Å². The number of unbranched alkanes of at least 4 members (excludes halogenated alkanes) is 3. The topological polar surface area (TPSA) is 54.4 Å². The molecule has 1 aromatic carbocycles. The quantitative estimate of drug-likeness (QED) is 0.445. The largest absolute Gasteiger partial charge is 1.00 e. The van der Waals surface area contributed by atoms with Gasteiger partial charge >= 0.3 is 18.9 Å². The molecule has 1 aromatic rings. The fraction of sp³-hybridized carbons (Fsp3) is 0.500. The fourth-order valence-electron chi connectivity index (χ4n) is 1.62. The van der Waals surface area contributed by atoms with Gasteiger partial charge < -0.3 is 1.43 Å². The molecule has 0 saturated heterocycles. The molecule has 0 fully saturated rings. The van der Waals surface area contributed by atoms with E-state index in [1.807, 2.05) is 6.07 Å². The molecule has 0 aromatic heterocycles. The van der Waals surface area contributed by atoms with Crippen LogP contribution in [-0.4, -0.2) is 13.0 Å². The van der Waals surface area contributed by atoms with Gasteiger partial charge in [-0.15, -0.1) is 0 Å². The Bertz CT molecular complexity index is 435. The standard InChI is InChI=1S/C12H18O3S.Li.H/c1-2-3-4-5-7-11-8-6-9-12(10-11)16(13,14)15;;/h6,8-10H,2-5,7H2,1H3,(H,13,14,15);;/q;+1;-1. The van der Waals surface area contributed by atoms with Gasteiger partial charge in [0.25, 0.3) is 10.1 Å². The minimum atomic E-state index is -4.06. The van der Waals surface area contributed by atoms with E-state index in [4.69, 9.17) is 4.55 Å². The van der Waals surface area contributed by atoms with Crippen molar-refractivity contribution in [2.75, 3.05) is 0 Å². The van der Waals surface area contributed by atoms with Crippen molar-refractivity contribution in [1.29, 1.82) is 0 Å². The van der Waals surface area contributed by atoms with Gasteiger partial charge in [0.1, 0.15) is 0 Å². The van der Waals surface area contributed by atoms with Gasteiger partial charge in [0.05, 0.1) is 4.90 Å². The molecular formula is C12H19LiO3S. The molecular weight excluding hydrogens is 231 g/mol. The zero-order valence-corrected chi connectivity index (χ0v) is 11.3. The summed E-state index contributed by atoms with van der Waals surface area (Å²) in [5, 5.41) is 0. The summed E-state index contributed by atoms with van der Waals surface area (Å²) in [5.74, 6) is 0. The second-order valence-corrected chi connectivity index (χ2v) is 5.35. The molecule has 0 aliphatic carbocycles. The van der Waals surface area contributed by atoms with Crippen LogP contribution in [0, 0.1) is 0 Å². The van der Waals surface area contributed by atoms with Gasteiger partial charge in [0.15, 0.2) is 0 Å². The Morgan fingerprint density at radius 2 is 1.94 bits per heavy atom. The van der Waals surface area contributed by atoms with Crippen LogP contribution in [0.3, 0.4) is 0 Å². The molecule has 0 aliphatic rings. The Morgan fingerprint density at radius 1 is 1.24 bits per heavy atom. The average molecular weight is 250 g/mol. The number of benzene rings is 1. The molecule has 17 heavy (non-hydrogen) atoms. The molecule has 0 spiro atoms. The Morgan fingerprint density at radius 3 is 2.53 bits per heavy atom. The summed E-state index contributed by atoms with van der Waals surface area (Å²) in [5.41, 5.74) is 0.964. The Balaban J connectivity index is 0. The molecule has 92 valence electrons. The summed E-state index contributed by atoms with van der Waals surface area (Å²) < 4.78 is 30.7. The first-order chi connectivity index (χ1) is 7.54. The summed E-state index contributed by atoms with van der Waals surface area (Å²) in [6.07, 6.45) is 5.47. The molecule has 0 heterocycles. The third-order valence-electron chi connectivity index (χ3n) is 2.52. The van der Waals surface area contributed by atoms with Crippen molar-refractivity contribution in [1.82, 2.24) is 0 Å². The Labute approximate surface area is 117 Å². The van der Waals surface area contributed by atoms with Crippen molar-refractivity contribution in [3.05, 3.63) is 29.8 Å². The number of hydrogen-bond acceptors (Lipinski definition) is 2. The van der Waals surface area contributed by atoms with Gasteiger partial charge in [0.2, 0.25) is 0 Å². The summed E-state index contributed by atoms with van der Waals surface area (Å²) in [7, 11) is -4.06. The van der Waals surface area contributed by atoms with Crippen molar-refractivity contribution in [3.8, 4) is 0 Å². The van der Waals surface area contributed by atoms with Crippen LogP contribution in [0.15, 0.2) is 29.2 Å². The van der Waals surface area contributed by atoms with Gasteiger partial charge in [-0.3, -0.25) is 4.55 Å². The first-order valence-electron chi connectivity index (χ1n) is 5.60. The van der Waals surface area contributed by atoms with E-state index in [-0.39, 0.29) is 25.2 Å². The van der Waals surface area contributed by atoms with E-state index in [9.17, 15) is 8.42 Å². The van der Waals surface area contributed by atoms with Crippen molar-refractivity contribution < 1.29 is 33.3 Å². The maximum absolute atomic E-state index is 10.9. The van der Waals surface area contributed by atoms with Gasteiger partial charge in [-0.2, -0.15) is 8.42 Å². The third kappa shape index (κ3) is 6.28. The molecule has 0 saturated carbocycles. The number of hydrogen-bond donors (Lipinski definition) is 1. The van der Waals surface area contributed by atoms with Gasteiger partial charge in [-0.1, -0.05) is 38.3 Å². The molecule has 1 rings (SSSR count). The van der Waals surface area contributed by atoms with E-state index in [0.717, 1.165) is 24.8 Å². The SMILES string of the molecule is CCCCCCc1cccc(S(=O)(=O)O)c1.[H-].[Li+]. The molecule has 0 radical (unpaired) electrons. The first-order valence-corrected chi connectivity index (χ1v) is 7.04. The normalized spacial score (nSPS) is 10.9. The van der Waals surface area contributed by atoms with E-state index in [1.54, 1.807) is 12.1 Å². The maximum atomic E-state index is 10.9. The average Bonchev–Trinajstić information content (AvgIpc) is 2.24. The Hall–Kier alpha value is -0.273. The van der Waals surface area contributed by atoms with Crippen molar-refractivity contribution in [2.24, 2.45) is 0 Å². The van der Waals surface area contributed by atoms with Crippen molar-refractivity contribution in [3.63, 3.8) is 0 Å². The Kier molecular flexibility index (Phi) is 7.81. The summed E-state index contributed by atoms with van der Waals surface area (Å²) in [6.45, 7) is 2.15. The van der Waals surface area contributed by atoms with Gasteiger partial charge in [-0.05, 0) is 30.5 Å². The molecule has 1 N–H and O–H groups in total. The maximum Gasteiger partial charge on any atom is 1.00 e. The van der Waals surface area contributed by atoms with Crippen LogP contribution >= 0.6 is 0 Å². The molecule has 0 atom stereocenters. The predicted molar refractivity (Wildman–Crippen MR) is 65.2 cm³/mol. The number of rotatable bonds is 6. The van der Waals surface area contributed by atoms with Crippen LogP contribution in [0.4, 0.5) is 0 Å². The van der Waals surface area contributed by atoms with Crippen LogP contribution in [0.25, 0.3) is 0 Å². The van der Waals surface area contributed by atoms with Crippen LogP contribution < -0.4 is 18.9 Å². The molecule has 0 unspecified atom stereocenters. The minimum Gasteiger partial charge on any atom is -1.00 e. The first kappa shape index (κ1) is 16.7. The van der Waals surface area contributed by atoms with Crippen molar-refractivity contribution in [2.45, 2.75) is 43.9 Å². The smallest absolute Gasteiger partial charge is 1.00 e. The van der Waals surface area contributed by atoms with E-state index < -0.39 is 10.1 Å². The summed E-state index contributed by atoms with van der Waals surface area (Å²) in [6, 6.07) is 6.50. The third-order valence-corrected chi connectivity index (χ3v) is 3.36. The van der Waals surface area contributed by atoms with Crippen LogP contribution in [0.1, 0.15) is 39.6 Å². The monoisotopic (exact) mass is 250 g/mol. The fourth-order valence-corrected chi connectivity index (χ4v) is 2.17. The van der Waals surface area contributed by atoms with Crippen molar-refractivity contribution >= 4 is 10.1 Å². The zero-order chi connectivity index (χ0) is 12.0. The number of aryl methyl sites for hydroxylation is 1. The van der Waals surface area contributed by atoms with E-state index in [0.29, 0.717) is 0 Å². The molecule has 5 heteroatoms. The molecule has 3 nitrogen and oxygen atoms in total. The molecule has 0 amide bonds. The van der Waals surface area contributed by atoms with Crippen LogP contribution in [-0.2, 0) is 16.5 Å². The van der Waals surface area contributed by atoms with Gasteiger partial charge in [-0.25, -0.2) is 0 Å². The zero-order valence-electron chi connectivity index (χ0n) is 11.5.